The van der Waals surface area contributed by atoms with Gasteiger partial charge in [-0.15, -0.1) is 0 Å². The second-order valence-electron chi connectivity index (χ2n) is 11.2. The average molecular weight is 509 g/mol. The topological polar surface area (TPSA) is 64.7 Å². The predicted octanol–water partition coefficient (Wildman–Crippen LogP) is 4.95. The number of amides is 3. The average Bonchev–Trinajstić information content (AvgIpc) is 3.41. The maximum absolute atomic E-state index is 14.0. The van der Waals surface area contributed by atoms with Gasteiger partial charge in [0.1, 0.15) is 0 Å². The lowest BCUT2D eigenvalue weighted by Crippen LogP contribution is -2.45. The minimum Gasteiger partial charge on any atom is -0.384 e. The van der Waals surface area contributed by atoms with E-state index in [9.17, 15) is 9.59 Å². The zero-order chi connectivity index (χ0) is 26.3. The Hall–Kier alpha value is -3.64. The van der Waals surface area contributed by atoms with Crippen molar-refractivity contribution in [2.24, 2.45) is 0 Å². The number of nitrogens with one attached hydrogen (secondary N) is 2. The van der Waals surface area contributed by atoms with Crippen LogP contribution in [0.3, 0.4) is 0 Å². The first kappa shape index (κ1) is 24.7. The van der Waals surface area contributed by atoms with E-state index in [0.29, 0.717) is 6.54 Å². The van der Waals surface area contributed by atoms with Crippen LogP contribution >= 0.6 is 0 Å². The molecule has 2 fully saturated rings. The molecule has 0 unspecified atom stereocenters. The van der Waals surface area contributed by atoms with Gasteiger partial charge in [0.15, 0.2) is 5.54 Å². The smallest absolute Gasteiger partial charge is 0.325 e. The molecule has 2 saturated heterocycles. The van der Waals surface area contributed by atoms with Gasteiger partial charge in [-0.2, -0.15) is 0 Å². The van der Waals surface area contributed by atoms with Gasteiger partial charge in [-0.3, -0.25) is 9.69 Å². The summed E-state index contributed by atoms with van der Waals surface area (Å²) in [6.45, 7) is 8.42. The SMILES string of the molecule is Cc1ccc(C2(c3ccc(C)cc3)NC(=O)N(CCCN3CCC4(CC3)CNc3ccccc34)C2=O)cc1. The molecule has 3 aliphatic rings. The number of carbonyl (C=O) groups excluding carboxylic acids is 2. The van der Waals surface area contributed by atoms with Gasteiger partial charge < -0.3 is 15.5 Å². The number of piperidine rings is 1. The highest BCUT2D eigenvalue weighted by Crippen LogP contribution is 2.44. The van der Waals surface area contributed by atoms with Crippen LogP contribution in [0.1, 0.15) is 47.1 Å². The van der Waals surface area contributed by atoms with Gasteiger partial charge in [0.05, 0.1) is 0 Å². The van der Waals surface area contributed by atoms with Gasteiger partial charge in [0, 0.05) is 24.2 Å². The molecular weight excluding hydrogens is 472 g/mol. The molecule has 2 N–H and O–H groups in total. The van der Waals surface area contributed by atoms with E-state index in [1.807, 2.05) is 62.4 Å². The van der Waals surface area contributed by atoms with Crippen molar-refractivity contribution in [2.45, 2.75) is 44.1 Å². The Labute approximate surface area is 225 Å². The lowest BCUT2D eigenvalue weighted by molar-refractivity contribution is -0.130. The fourth-order valence-corrected chi connectivity index (χ4v) is 6.51. The Morgan fingerprint density at radius 2 is 1.39 bits per heavy atom. The minimum atomic E-state index is -1.20. The Bertz CT molecular complexity index is 1300. The summed E-state index contributed by atoms with van der Waals surface area (Å²) in [4.78, 5) is 31.1. The summed E-state index contributed by atoms with van der Waals surface area (Å²) in [6.07, 6.45) is 3.02. The van der Waals surface area contributed by atoms with Crippen LogP contribution in [-0.4, -0.2) is 54.5 Å². The molecule has 3 aliphatic heterocycles. The van der Waals surface area contributed by atoms with Crippen LogP contribution in [0.4, 0.5) is 10.5 Å². The third-order valence-corrected chi connectivity index (χ3v) is 8.86. The highest BCUT2D eigenvalue weighted by molar-refractivity contribution is 6.09. The molecule has 196 valence electrons. The molecular formula is C32H36N4O2. The monoisotopic (exact) mass is 508 g/mol. The van der Waals surface area contributed by atoms with Crippen molar-refractivity contribution in [1.29, 1.82) is 0 Å². The zero-order valence-corrected chi connectivity index (χ0v) is 22.3. The summed E-state index contributed by atoms with van der Waals surface area (Å²) in [5.41, 5.74) is 5.59. The number of likely N-dealkylation sites (tertiary alicyclic amines) is 1. The number of nitrogens with zero attached hydrogens (tertiary/aromatic N) is 2. The largest absolute Gasteiger partial charge is 0.384 e. The first-order chi connectivity index (χ1) is 18.4. The second kappa shape index (κ2) is 9.59. The normalized spacial score (nSPS) is 19.9. The third kappa shape index (κ3) is 4.08. The lowest BCUT2D eigenvalue weighted by Gasteiger charge is -2.39. The van der Waals surface area contributed by atoms with E-state index in [4.69, 9.17) is 0 Å². The van der Waals surface area contributed by atoms with E-state index in [1.165, 1.54) is 16.2 Å². The molecule has 0 atom stereocenters. The lowest BCUT2D eigenvalue weighted by atomic mass is 9.74. The zero-order valence-electron chi connectivity index (χ0n) is 22.3. The van der Waals surface area contributed by atoms with Crippen molar-refractivity contribution in [2.75, 3.05) is 38.0 Å². The molecule has 0 aliphatic carbocycles. The maximum Gasteiger partial charge on any atom is 0.325 e. The van der Waals surface area contributed by atoms with E-state index in [-0.39, 0.29) is 17.4 Å². The Morgan fingerprint density at radius 1 is 0.789 bits per heavy atom. The number of carbonyl (C=O) groups is 2. The van der Waals surface area contributed by atoms with Gasteiger partial charge in [-0.1, -0.05) is 77.9 Å². The van der Waals surface area contributed by atoms with Crippen molar-refractivity contribution in [3.8, 4) is 0 Å². The molecule has 3 heterocycles. The van der Waals surface area contributed by atoms with Crippen molar-refractivity contribution >= 4 is 17.6 Å². The number of urea groups is 1. The first-order valence-electron chi connectivity index (χ1n) is 13.8. The predicted molar refractivity (Wildman–Crippen MR) is 150 cm³/mol. The molecule has 6 nitrogen and oxygen atoms in total. The van der Waals surface area contributed by atoms with Crippen LogP contribution in [0.2, 0.25) is 0 Å². The maximum atomic E-state index is 14.0. The third-order valence-electron chi connectivity index (χ3n) is 8.86. The van der Waals surface area contributed by atoms with Crippen molar-refractivity contribution < 1.29 is 9.59 Å². The van der Waals surface area contributed by atoms with Crippen LogP contribution in [0.5, 0.6) is 0 Å². The van der Waals surface area contributed by atoms with Crippen LogP contribution in [-0.2, 0) is 15.7 Å². The fraction of sp³-hybridized carbons (Fsp3) is 0.375. The van der Waals surface area contributed by atoms with E-state index in [0.717, 1.165) is 67.7 Å². The van der Waals surface area contributed by atoms with Gasteiger partial charge in [0.2, 0.25) is 0 Å². The van der Waals surface area contributed by atoms with E-state index < -0.39 is 5.54 Å². The summed E-state index contributed by atoms with van der Waals surface area (Å²) in [5, 5.41) is 6.69. The van der Waals surface area contributed by atoms with E-state index in [1.54, 1.807) is 0 Å². The number of imide groups is 1. The van der Waals surface area contributed by atoms with Crippen molar-refractivity contribution in [1.82, 2.24) is 15.1 Å². The molecule has 3 amide bonds. The van der Waals surface area contributed by atoms with Crippen LogP contribution < -0.4 is 10.6 Å². The van der Waals surface area contributed by atoms with Crippen molar-refractivity contribution in [3.05, 3.63) is 101 Å². The summed E-state index contributed by atoms with van der Waals surface area (Å²) < 4.78 is 0. The van der Waals surface area contributed by atoms with Gasteiger partial charge >= 0.3 is 6.03 Å². The summed E-state index contributed by atoms with van der Waals surface area (Å²) in [7, 11) is 0. The molecule has 6 rings (SSSR count). The first-order valence-corrected chi connectivity index (χ1v) is 13.8. The molecule has 0 aromatic heterocycles. The fourth-order valence-electron chi connectivity index (χ4n) is 6.51. The number of anilines is 1. The number of benzene rings is 3. The summed E-state index contributed by atoms with van der Waals surface area (Å²) in [6, 6.07) is 24.2. The molecule has 0 bridgehead atoms. The molecule has 1 spiro atoms. The quantitative estimate of drug-likeness (QED) is 0.463. The van der Waals surface area contributed by atoms with E-state index in [2.05, 4.69) is 39.8 Å². The van der Waals surface area contributed by atoms with Crippen LogP contribution in [0.25, 0.3) is 0 Å². The molecule has 3 aromatic carbocycles. The number of para-hydroxylation sites is 1. The second-order valence-corrected chi connectivity index (χ2v) is 11.2. The number of fused-ring (bicyclic) bond motifs is 2. The Balaban J connectivity index is 1.13. The summed E-state index contributed by atoms with van der Waals surface area (Å²) >= 11 is 0. The van der Waals surface area contributed by atoms with Gasteiger partial charge in [-0.05, 0) is 75.5 Å². The molecule has 0 saturated carbocycles. The molecule has 0 radical (unpaired) electrons. The van der Waals surface area contributed by atoms with Gasteiger partial charge in [0.25, 0.3) is 5.91 Å². The summed E-state index contributed by atoms with van der Waals surface area (Å²) in [5.74, 6) is -0.193. The number of aryl methyl sites for hydroxylation is 2. The standard InChI is InChI=1S/C32H36N4O2/c1-23-8-12-25(13-9-23)32(26-14-10-24(2)11-15-26)29(37)36(30(38)34-32)19-5-18-35-20-16-31(17-21-35)22-33-28-7-4-3-6-27(28)31/h3-4,6-15,33H,5,16-22H2,1-2H3,(H,34,38). The molecule has 38 heavy (non-hydrogen) atoms. The number of hydrogen-bond acceptors (Lipinski definition) is 4. The molecule has 6 heteroatoms. The highest BCUT2D eigenvalue weighted by Gasteiger charge is 2.53. The van der Waals surface area contributed by atoms with E-state index >= 15 is 0 Å². The Morgan fingerprint density at radius 3 is 2.03 bits per heavy atom. The van der Waals surface area contributed by atoms with Gasteiger partial charge in [-0.25, -0.2) is 4.79 Å². The minimum absolute atomic E-state index is 0.193. The number of hydrogen-bond donors (Lipinski definition) is 2. The van der Waals surface area contributed by atoms with Crippen molar-refractivity contribution in [3.63, 3.8) is 0 Å². The van der Waals surface area contributed by atoms with Crippen LogP contribution in [0.15, 0.2) is 72.8 Å². The van der Waals surface area contributed by atoms with Crippen LogP contribution in [0, 0.1) is 13.8 Å². The highest BCUT2D eigenvalue weighted by atomic mass is 16.2. The Kier molecular flexibility index (Phi) is 6.23. The number of rotatable bonds is 6. The molecule has 3 aromatic rings.